The molecule has 0 bridgehead atoms. The molecule has 0 unspecified atom stereocenters. The van der Waals surface area contributed by atoms with Gasteiger partial charge in [0.05, 0.1) is 16.8 Å². The van der Waals surface area contributed by atoms with Crippen molar-refractivity contribution in [3.63, 3.8) is 0 Å². The van der Waals surface area contributed by atoms with Crippen molar-refractivity contribution in [2.45, 2.75) is 20.1 Å². The van der Waals surface area contributed by atoms with Crippen molar-refractivity contribution in [1.82, 2.24) is 4.98 Å². The van der Waals surface area contributed by atoms with E-state index in [0.29, 0.717) is 33.5 Å². The number of nitrogens with one attached hydrogen (secondary N) is 1. The summed E-state index contributed by atoms with van der Waals surface area (Å²) in [6.45, 7) is -0.267. The maximum atomic E-state index is 12.5. The molecule has 10 heteroatoms. The number of nitrogens with zero attached hydrogens (tertiary/aromatic N) is 1. The lowest BCUT2D eigenvalue weighted by Gasteiger charge is -2.06. The molecule has 2 aromatic heterocycles. The van der Waals surface area contributed by atoms with E-state index in [1.165, 1.54) is 18.2 Å². The van der Waals surface area contributed by atoms with Crippen LogP contribution in [0.15, 0.2) is 59.0 Å². The Bertz CT molecular complexity index is 1210. The Kier molecular flexibility index (Phi) is 6.50. The van der Waals surface area contributed by atoms with E-state index < -0.39 is 12.5 Å². The van der Waals surface area contributed by atoms with E-state index in [4.69, 9.17) is 13.9 Å². The number of hydrogen-bond acceptors (Lipinski definition) is 7. The number of fused-ring (bicyclic) bond motifs is 1. The standard InChI is InChI=1S/C22H18F2N2O5S/c1-2-28-13-3-5-14(6-4-13)29-12-16-8-10-18(30-16)20(27)26-22-25-17-9-7-15(31-21(23)24)11-19(17)32-22/h3-11,21H,2,12H2,1H3,(H,25,26,27). The number of rotatable bonds is 9. The maximum Gasteiger partial charge on any atom is 0.387 e. The highest BCUT2D eigenvalue weighted by Crippen LogP contribution is 2.30. The Labute approximate surface area is 185 Å². The number of benzene rings is 2. The second kappa shape index (κ2) is 9.65. The minimum Gasteiger partial charge on any atom is -0.494 e. The predicted molar refractivity (Wildman–Crippen MR) is 115 cm³/mol. The van der Waals surface area contributed by atoms with Crippen molar-refractivity contribution in [3.05, 3.63) is 66.1 Å². The zero-order valence-corrected chi connectivity index (χ0v) is 17.7. The van der Waals surface area contributed by atoms with Gasteiger partial charge >= 0.3 is 6.61 Å². The van der Waals surface area contributed by atoms with E-state index in [1.807, 2.05) is 6.92 Å². The monoisotopic (exact) mass is 460 g/mol. The minimum absolute atomic E-state index is 0.0252. The van der Waals surface area contributed by atoms with E-state index in [2.05, 4.69) is 15.0 Å². The fourth-order valence-electron chi connectivity index (χ4n) is 2.82. The van der Waals surface area contributed by atoms with Crippen molar-refractivity contribution < 1.29 is 32.2 Å². The van der Waals surface area contributed by atoms with Crippen LogP contribution in [-0.4, -0.2) is 24.1 Å². The van der Waals surface area contributed by atoms with Crippen molar-refractivity contribution in [1.29, 1.82) is 0 Å². The third kappa shape index (κ3) is 5.33. The Hall–Kier alpha value is -3.66. The number of amides is 1. The molecule has 0 spiro atoms. The Morgan fingerprint density at radius 3 is 2.50 bits per heavy atom. The van der Waals surface area contributed by atoms with Crippen LogP contribution in [0.1, 0.15) is 23.2 Å². The summed E-state index contributed by atoms with van der Waals surface area (Å²) >= 11 is 1.14. The Morgan fingerprint density at radius 1 is 1.06 bits per heavy atom. The van der Waals surface area contributed by atoms with Gasteiger partial charge in [0.1, 0.15) is 29.6 Å². The van der Waals surface area contributed by atoms with Crippen LogP contribution in [0, 0.1) is 0 Å². The first-order valence-corrected chi connectivity index (χ1v) is 10.4. The van der Waals surface area contributed by atoms with Crippen LogP contribution in [0.25, 0.3) is 10.2 Å². The summed E-state index contributed by atoms with van der Waals surface area (Å²) in [7, 11) is 0. The van der Waals surface area contributed by atoms with Gasteiger partial charge < -0.3 is 18.6 Å². The van der Waals surface area contributed by atoms with Crippen LogP contribution in [0.4, 0.5) is 13.9 Å². The highest BCUT2D eigenvalue weighted by molar-refractivity contribution is 7.22. The lowest BCUT2D eigenvalue weighted by Crippen LogP contribution is -2.10. The summed E-state index contributed by atoms with van der Waals surface area (Å²) in [5.41, 5.74) is 0.552. The molecule has 1 amide bonds. The quantitative estimate of drug-likeness (QED) is 0.344. The van der Waals surface area contributed by atoms with Crippen molar-refractivity contribution in [2.24, 2.45) is 0 Å². The van der Waals surface area contributed by atoms with Gasteiger partial charge in [0.2, 0.25) is 0 Å². The molecular weight excluding hydrogens is 442 g/mol. The lowest BCUT2D eigenvalue weighted by molar-refractivity contribution is -0.0497. The maximum absolute atomic E-state index is 12.5. The van der Waals surface area contributed by atoms with Gasteiger partial charge in [0.25, 0.3) is 5.91 Å². The second-order valence-electron chi connectivity index (χ2n) is 6.44. The molecule has 0 saturated carbocycles. The number of alkyl halides is 2. The molecule has 2 aromatic carbocycles. The van der Waals surface area contributed by atoms with E-state index in [9.17, 15) is 13.6 Å². The number of thiazole rings is 1. The number of furan rings is 1. The normalized spacial score (nSPS) is 11.0. The van der Waals surface area contributed by atoms with Crippen molar-refractivity contribution >= 4 is 32.6 Å². The van der Waals surface area contributed by atoms with Crippen LogP contribution in [0.2, 0.25) is 0 Å². The van der Waals surface area contributed by atoms with Crippen molar-refractivity contribution in [2.75, 3.05) is 11.9 Å². The molecule has 0 fully saturated rings. The van der Waals surface area contributed by atoms with E-state index >= 15 is 0 Å². The average molecular weight is 460 g/mol. The predicted octanol–water partition coefficient (Wildman–Crippen LogP) is 5.72. The number of halogens is 2. The molecule has 0 atom stereocenters. The van der Waals surface area contributed by atoms with Crippen LogP contribution in [0.5, 0.6) is 17.2 Å². The molecular formula is C22H18F2N2O5S. The summed E-state index contributed by atoms with van der Waals surface area (Å²) in [5, 5.41) is 2.95. The third-order valence-corrected chi connectivity index (χ3v) is 5.14. The van der Waals surface area contributed by atoms with E-state index in [1.54, 1.807) is 36.4 Å². The molecule has 1 N–H and O–H groups in total. The molecule has 4 rings (SSSR count). The zero-order valence-electron chi connectivity index (χ0n) is 16.8. The molecule has 0 saturated heterocycles. The number of anilines is 1. The van der Waals surface area contributed by atoms with Gasteiger partial charge in [0, 0.05) is 0 Å². The molecule has 0 aliphatic rings. The van der Waals surface area contributed by atoms with Crippen LogP contribution >= 0.6 is 11.3 Å². The number of hydrogen-bond donors (Lipinski definition) is 1. The van der Waals surface area contributed by atoms with Gasteiger partial charge in [-0.15, -0.1) is 0 Å². The highest BCUT2D eigenvalue weighted by Gasteiger charge is 2.15. The second-order valence-corrected chi connectivity index (χ2v) is 7.47. The minimum atomic E-state index is -2.91. The highest BCUT2D eigenvalue weighted by atomic mass is 32.1. The molecule has 2 heterocycles. The fraction of sp³-hybridized carbons (Fsp3) is 0.182. The summed E-state index contributed by atoms with van der Waals surface area (Å²) in [5.74, 6) is 1.50. The van der Waals surface area contributed by atoms with Gasteiger partial charge in [-0.05, 0) is 61.5 Å². The topological polar surface area (TPSA) is 82.8 Å². The first-order valence-electron chi connectivity index (χ1n) is 9.61. The van der Waals surface area contributed by atoms with Gasteiger partial charge in [-0.2, -0.15) is 8.78 Å². The van der Waals surface area contributed by atoms with Gasteiger partial charge in [-0.1, -0.05) is 11.3 Å². The SMILES string of the molecule is CCOc1ccc(OCc2ccc(C(=O)Nc3nc4ccc(OC(F)F)cc4s3)o2)cc1. The molecule has 0 aliphatic carbocycles. The molecule has 7 nitrogen and oxygen atoms in total. The summed E-state index contributed by atoms with van der Waals surface area (Å²) in [4.78, 5) is 16.7. The lowest BCUT2D eigenvalue weighted by atomic mass is 10.3. The number of ether oxygens (including phenoxy) is 3. The summed E-state index contributed by atoms with van der Waals surface area (Å²) in [6, 6.07) is 14.7. The molecule has 32 heavy (non-hydrogen) atoms. The van der Waals surface area contributed by atoms with Gasteiger partial charge in [0.15, 0.2) is 10.9 Å². The fourth-order valence-corrected chi connectivity index (χ4v) is 3.71. The van der Waals surface area contributed by atoms with Crippen LogP contribution in [-0.2, 0) is 6.61 Å². The molecule has 166 valence electrons. The number of aromatic nitrogens is 1. The first-order chi connectivity index (χ1) is 15.5. The van der Waals surface area contributed by atoms with E-state index in [0.717, 1.165) is 17.1 Å². The van der Waals surface area contributed by atoms with Gasteiger partial charge in [-0.25, -0.2) is 4.98 Å². The first kappa shape index (κ1) is 21.6. The van der Waals surface area contributed by atoms with Crippen LogP contribution in [0.3, 0.4) is 0 Å². The largest absolute Gasteiger partial charge is 0.494 e. The number of carbonyl (C=O) groups excluding carboxylic acids is 1. The van der Waals surface area contributed by atoms with Crippen LogP contribution < -0.4 is 19.5 Å². The third-order valence-electron chi connectivity index (χ3n) is 4.21. The Balaban J connectivity index is 1.36. The van der Waals surface area contributed by atoms with Crippen molar-refractivity contribution in [3.8, 4) is 17.2 Å². The zero-order chi connectivity index (χ0) is 22.5. The summed E-state index contributed by atoms with van der Waals surface area (Å²) in [6.07, 6.45) is 0. The summed E-state index contributed by atoms with van der Waals surface area (Å²) < 4.78 is 46.3. The molecule has 4 aromatic rings. The Morgan fingerprint density at radius 2 is 1.78 bits per heavy atom. The molecule has 0 aliphatic heterocycles. The van der Waals surface area contributed by atoms with Gasteiger partial charge in [-0.3, -0.25) is 10.1 Å². The average Bonchev–Trinajstić information content (AvgIpc) is 3.39. The van der Waals surface area contributed by atoms with E-state index in [-0.39, 0.29) is 18.1 Å². The number of carbonyl (C=O) groups is 1. The smallest absolute Gasteiger partial charge is 0.387 e. The molecule has 0 radical (unpaired) electrons.